The number of hydrogen-bond donors (Lipinski definition) is 0. The molecule has 0 saturated heterocycles. The van der Waals surface area contributed by atoms with Gasteiger partial charge in [0.25, 0.3) is 5.56 Å². The molecular formula is C30H26N2O. The van der Waals surface area contributed by atoms with Crippen molar-refractivity contribution in [3.05, 3.63) is 148 Å². The predicted octanol–water partition coefficient (Wildman–Crippen LogP) is 6.49. The molecule has 0 spiro atoms. The second-order valence-corrected chi connectivity index (χ2v) is 8.47. The molecule has 0 aliphatic heterocycles. The number of benzene rings is 4. The fraction of sp³-hybridized carbons (Fsp3) is 0.133. The maximum atomic E-state index is 14.0. The van der Waals surface area contributed by atoms with Crippen molar-refractivity contribution >= 4 is 10.9 Å². The number of aromatic nitrogens is 2. The van der Waals surface area contributed by atoms with E-state index in [-0.39, 0.29) is 17.5 Å². The molecular weight excluding hydrogens is 404 g/mol. The van der Waals surface area contributed by atoms with E-state index in [4.69, 9.17) is 4.98 Å². The van der Waals surface area contributed by atoms with Crippen LogP contribution in [-0.4, -0.2) is 9.55 Å². The van der Waals surface area contributed by atoms with Crippen molar-refractivity contribution < 1.29 is 0 Å². The average molecular weight is 431 g/mol. The maximum absolute atomic E-state index is 14.0. The van der Waals surface area contributed by atoms with Crippen LogP contribution in [0.5, 0.6) is 0 Å². The zero-order valence-corrected chi connectivity index (χ0v) is 18.8. The Morgan fingerprint density at radius 1 is 0.667 bits per heavy atom. The number of nitrogens with zero attached hydrogens (tertiary/aromatic N) is 2. The van der Waals surface area contributed by atoms with Crippen molar-refractivity contribution in [3.63, 3.8) is 0 Å². The Balaban J connectivity index is 1.71. The quantitative estimate of drug-likeness (QED) is 0.319. The van der Waals surface area contributed by atoms with Crippen molar-refractivity contribution in [2.24, 2.45) is 0 Å². The standard InChI is InChI=1S/C30H26N2O/c1-21(23-12-6-3-7-13-23)26-18-19-28-27(20-26)30(33)32(22(2)31-28)29(24-14-8-4-9-15-24)25-16-10-5-11-17-25/h3-21,29H,1-2H3. The van der Waals surface area contributed by atoms with Gasteiger partial charge in [0.1, 0.15) is 5.82 Å². The van der Waals surface area contributed by atoms with Crippen molar-refractivity contribution in [2.45, 2.75) is 25.8 Å². The summed E-state index contributed by atoms with van der Waals surface area (Å²) in [5.41, 5.74) is 5.17. The normalized spacial score (nSPS) is 12.2. The Bertz CT molecular complexity index is 1400. The summed E-state index contributed by atoms with van der Waals surface area (Å²) in [5, 5.41) is 0.651. The van der Waals surface area contributed by atoms with Gasteiger partial charge in [-0.2, -0.15) is 0 Å². The molecule has 0 aliphatic rings. The third-order valence-electron chi connectivity index (χ3n) is 6.39. The number of hydrogen-bond acceptors (Lipinski definition) is 2. The molecule has 0 aliphatic carbocycles. The van der Waals surface area contributed by atoms with Gasteiger partial charge in [0.15, 0.2) is 0 Å². The highest BCUT2D eigenvalue weighted by atomic mass is 16.1. The summed E-state index contributed by atoms with van der Waals surface area (Å²) < 4.78 is 1.84. The van der Waals surface area contributed by atoms with Crippen LogP contribution in [0.3, 0.4) is 0 Å². The number of fused-ring (bicyclic) bond motifs is 1. The lowest BCUT2D eigenvalue weighted by atomic mass is 9.92. The molecule has 0 saturated carbocycles. The molecule has 0 bridgehead atoms. The van der Waals surface area contributed by atoms with Gasteiger partial charge in [0, 0.05) is 5.92 Å². The van der Waals surface area contributed by atoms with E-state index in [0.29, 0.717) is 11.2 Å². The summed E-state index contributed by atoms with van der Waals surface area (Å²) in [6, 6.07) is 36.5. The lowest BCUT2D eigenvalue weighted by molar-refractivity contribution is 0.619. The molecule has 1 atom stereocenters. The largest absolute Gasteiger partial charge is 0.285 e. The van der Waals surface area contributed by atoms with Gasteiger partial charge >= 0.3 is 0 Å². The zero-order valence-electron chi connectivity index (χ0n) is 18.8. The molecule has 0 radical (unpaired) electrons. The summed E-state index contributed by atoms with van der Waals surface area (Å²) >= 11 is 0. The second kappa shape index (κ2) is 8.87. The summed E-state index contributed by atoms with van der Waals surface area (Å²) in [6.45, 7) is 4.09. The lowest BCUT2D eigenvalue weighted by Crippen LogP contribution is -2.29. The molecule has 33 heavy (non-hydrogen) atoms. The van der Waals surface area contributed by atoms with Gasteiger partial charge in [-0.05, 0) is 41.3 Å². The van der Waals surface area contributed by atoms with Gasteiger partial charge in [0.2, 0.25) is 0 Å². The third-order valence-corrected chi connectivity index (χ3v) is 6.39. The minimum atomic E-state index is -0.244. The molecule has 5 rings (SSSR count). The first-order valence-corrected chi connectivity index (χ1v) is 11.3. The highest BCUT2D eigenvalue weighted by Gasteiger charge is 2.22. The Labute approximate surface area is 194 Å². The minimum absolute atomic E-state index is 0.0164. The molecule has 1 unspecified atom stereocenters. The van der Waals surface area contributed by atoms with Crippen molar-refractivity contribution in [1.82, 2.24) is 9.55 Å². The summed E-state index contributed by atoms with van der Waals surface area (Å²) in [4.78, 5) is 18.8. The van der Waals surface area contributed by atoms with Gasteiger partial charge in [-0.25, -0.2) is 4.98 Å². The van der Waals surface area contributed by atoms with E-state index in [0.717, 1.165) is 22.2 Å². The SMILES string of the molecule is Cc1nc2ccc(C(C)c3ccccc3)cc2c(=O)n1C(c1ccccc1)c1ccccc1. The molecule has 3 nitrogen and oxygen atoms in total. The Kier molecular flexibility index (Phi) is 5.62. The van der Waals surface area contributed by atoms with Crippen LogP contribution >= 0.6 is 0 Å². The average Bonchev–Trinajstić information content (AvgIpc) is 2.87. The van der Waals surface area contributed by atoms with Crippen LogP contribution in [0.2, 0.25) is 0 Å². The zero-order chi connectivity index (χ0) is 22.8. The van der Waals surface area contributed by atoms with Gasteiger partial charge in [-0.1, -0.05) is 104 Å². The molecule has 0 fully saturated rings. The van der Waals surface area contributed by atoms with Crippen LogP contribution in [-0.2, 0) is 0 Å². The number of rotatable bonds is 5. The predicted molar refractivity (Wildman–Crippen MR) is 135 cm³/mol. The van der Waals surface area contributed by atoms with E-state index in [9.17, 15) is 4.79 Å². The van der Waals surface area contributed by atoms with Crippen molar-refractivity contribution in [2.75, 3.05) is 0 Å². The van der Waals surface area contributed by atoms with Crippen molar-refractivity contribution in [3.8, 4) is 0 Å². The first-order chi connectivity index (χ1) is 16.1. The molecule has 1 heterocycles. The fourth-order valence-corrected chi connectivity index (χ4v) is 4.60. The van der Waals surface area contributed by atoms with Crippen LogP contribution in [0.25, 0.3) is 10.9 Å². The third kappa shape index (κ3) is 3.98. The lowest BCUT2D eigenvalue weighted by Gasteiger charge is -2.23. The second-order valence-electron chi connectivity index (χ2n) is 8.47. The first kappa shape index (κ1) is 20.9. The fourth-order valence-electron chi connectivity index (χ4n) is 4.60. The molecule has 1 aromatic heterocycles. The van der Waals surface area contributed by atoms with E-state index in [1.807, 2.05) is 66.1 Å². The highest BCUT2D eigenvalue weighted by Crippen LogP contribution is 2.29. The topological polar surface area (TPSA) is 34.9 Å². The Hall–Kier alpha value is -3.98. The van der Waals surface area contributed by atoms with Crippen LogP contribution < -0.4 is 5.56 Å². The van der Waals surface area contributed by atoms with E-state index < -0.39 is 0 Å². The van der Waals surface area contributed by atoms with E-state index >= 15 is 0 Å². The molecule has 4 aromatic carbocycles. The Morgan fingerprint density at radius 3 is 1.73 bits per heavy atom. The Morgan fingerprint density at radius 2 is 1.18 bits per heavy atom. The van der Waals surface area contributed by atoms with Crippen LogP contribution in [0.1, 0.15) is 47.0 Å². The monoisotopic (exact) mass is 430 g/mol. The molecule has 0 N–H and O–H groups in total. The van der Waals surface area contributed by atoms with Gasteiger partial charge in [-0.15, -0.1) is 0 Å². The van der Waals surface area contributed by atoms with Crippen molar-refractivity contribution in [1.29, 1.82) is 0 Å². The molecule has 5 aromatic rings. The van der Waals surface area contributed by atoms with Crippen LogP contribution in [0.15, 0.2) is 114 Å². The maximum Gasteiger partial charge on any atom is 0.262 e. The molecule has 0 amide bonds. The summed E-state index contributed by atoms with van der Waals surface area (Å²) in [6.07, 6.45) is 0. The summed E-state index contributed by atoms with van der Waals surface area (Å²) in [5.74, 6) is 0.887. The smallest absolute Gasteiger partial charge is 0.262 e. The highest BCUT2D eigenvalue weighted by molar-refractivity contribution is 5.79. The van der Waals surface area contributed by atoms with E-state index in [2.05, 4.69) is 61.5 Å². The van der Waals surface area contributed by atoms with Gasteiger partial charge in [0.05, 0.1) is 16.9 Å². The molecule has 162 valence electrons. The van der Waals surface area contributed by atoms with Crippen LogP contribution in [0, 0.1) is 6.92 Å². The summed E-state index contributed by atoms with van der Waals surface area (Å²) in [7, 11) is 0. The van der Waals surface area contributed by atoms with Gasteiger partial charge < -0.3 is 0 Å². The minimum Gasteiger partial charge on any atom is -0.285 e. The molecule has 3 heteroatoms. The van der Waals surface area contributed by atoms with E-state index in [1.165, 1.54) is 5.56 Å². The van der Waals surface area contributed by atoms with E-state index in [1.54, 1.807) is 0 Å². The number of aryl methyl sites for hydroxylation is 1. The van der Waals surface area contributed by atoms with Gasteiger partial charge in [-0.3, -0.25) is 9.36 Å². The first-order valence-electron chi connectivity index (χ1n) is 11.3. The van der Waals surface area contributed by atoms with Crippen LogP contribution in [0.4, 0.5) is 0 Å².